The summed E-state index contributed by atoms with van der Waals surface area (Å²) >= 11 is 0. The fraction of sp³-hybridized carbons (Fsp3) is 0.357. The number of nitrogens with one attached hydrogen (secondary N) is 3. The number of nitrogens with zero attached hydrogens (tertiary/aromatic N) is 1. The minimum absolute atomic E-state index is 0.158. The van der Waals surface area contributed by atoms with E-state index in [0.29, 0.717) is 11.5 Å². The lowest BCUT2D eigenvalue weighted by molar-refractivity contribution is -0.119. The van der Waals surface area contributed by atoms with Crippen LogP contribution in [0.15, 0.2) is 28.9 Å². The van der Waals surface area contributed by atoms with E-state index in [1.807, 2.05) is 27.7 Å². The topological polar surface area (TPSA) is 100 Å². The van der Waals surface area contributed by atoms with Crippen molar-refractivity contribution < 1.29 is 14.0 Å². The third kappa shape index (κ3) is 5.94. The molecule has 0 atom stereocenters. The third-order valence-electron chi connectivity index (χ3n) is 1.95. The minimum Gasteiger partial charge on any atom is -0.463 e. The number of carbonyl (C=O) groups is 2. The van der Waals surface area contributed by atoms with Crippen LogP contribution in [-0.2, 0) is 4.79 Å². The molecule has 7 nitrogen and oxygen atoms in total. The van der Waals surface area contributed by atoms with Crippen molar-refractivity contribution >= 4 is 11.8 Å². The van der Waals surface area contributed by atoms with Gasteiger partial charge < -0.3 is 4.42 Å². The number of hydrazine groups is 1. The quantitative estimate of drug-likeness (QED) is 0.741. The summed E-state index contributed by atoms with van der Waals surface area (Å²) < 4.78 is 5.14. The molecule has 2 amide bonds. The second kappa shape index (κ2) is 10.2. The van der Waals surface area contributed by atoms with Crippen LogP contribution in [0.2, 0.25) is 0 Å². The molecule has 0 aliphatic heterocycles. The molecule has 21 heavy (non-hydrogen) atoms. The Morgan fingerprint density at radius 2 is 1.86 bits per heavy atom. The van der Waals surface area contributed by atoms with E-state index in [4.69, 9.17) is 4.42 Å². The summed E-state index contributed by atoms with van der Waals surface area (Å²) in [6.07, 6.45) is 1.52. The lowest BCUT2D eigenvalue weighted by Crippen LogP contribution is -2.40. The molecule has 3 N–H and O–H groups in total. The Labute approximate surface area is 124 Å². The van der Waals surface area contributed by atoms with Crippen molar-refractivity contribution in [2.45, 2.75) is 34.6 Å². The van der Waals surface area contributed by atoms with E-state index in [9.17, 15) is 9.59 Å². The number of H-pyrrole nitrogens is 1. The van der Waals surface area contributed by atoms with Crippen LogP contribution in [0.4, 0.5) is 0 Å². The Kier molecular flexibility index (Phi) is 8.99. The van der Waals surface area contributed by atoms with E-state index in [0.717, 1.165) is 0 Å². The molecule has 0 aromatic carbocycles. The average Bonchev–Trinajstić information content (AvgIpc) is 3.19. The first-order valence-electron chi connectivity index (χ1n) is 6.83. The van der Waals surface area contributed by atoms with Gasteiger partial charge in [-0.3, -0.25) is 25.5 Å². The van der Waals surface area contributed by atoms with Gasteiger partial charge in [-0.2, -0.15) is 5.10 Å². The molecule has 0 unspecified atom stereocenters. The van der Waals surface area contributed by atoms with Crippen molar-refractivity contribution in [3.63, 3.8) is 0 Å². The zero-order chi connectivity index (χ0) is 16.3. The molecular weight excluding hydrogens is 272 g/mol. The number of hydrogen-bond donors (Lipinski definition) is 3. The highest BCUT2D eigenvalue weighted by atomic mass is 16.3. The number of furan rings is 1. The van der Waals surface area contributed by atoms with Crippen molar-refractivity contribution in [3.05, 3.63) is 30.2 Å². The fourth-order valence-corrected chi connectivity index (χ4v) is 1.20. The lowest BCUT2D eigenvalue weighted by Gasteiger charge is -2.00. The van der Waals surface area contributed by atoms with E-state index in [1.54, 1.807) is 12.1 Å². The molecule has 0 aliphatic carbocycles. The van der Waals surface area contributed by atoms with Gasteiger partial charge in [-0.15, -0.1) is 0 Å². The van der Waals surface area contributed by atoms with Crippen LogP contribution >= 0.6 is 0 Å². The van der Waals surface area contributed by atoms with Crippen LogP contribution in [0.1, 0.15) is 45.1 Å². The Hall–Kier alpha value is -2.57. The molecule has 2 heterocycles. The number of rotatable bonds is 2. The maximum atomic E-state index is 11.5. The van der Waals surface area contributed by atoms with Crippen molar-refractivity contribution in [1.82, 2.24) is 21.0 Å². The maximum Gasteiger partial charge on any atom is 0.290 e. The summed E-state index contributed by atoms with van der Waals surface area (Å²) in [4.78, 5) is 22.1. The first-order chi connectivity index (χ1) is 10.2. The molecule has 0 spiro atoms. The van der Waals surface area contributed by atoms with Gasteiger partial charge in [-0.1, -0.05) is 27.7 Å². The highest BCUT2D eigenvalue weighted by Gasteiger charge is 2.12. The van der Waals surface area contributed by atoms with Gasteiger partial charge in [-0.25, -0.2) is 0 Å². The predicted molar refractivity (Wildman–Crippen MR) is 80.3 cm³/mol. The van der Waals surface area contributed by atoms with E-state index in [-0.39, 0.29) is 11.6 Å². The Balaban J connectivity index is 0.000000921. The molecule has 2 aromatic rings. The van der Waals surface area contributed by atoms with Crippen LogP contribution in [0.5, 0.6) is 0 Å². The number of hydrogen-bond acceptors (Lipinski definition) is 4. The third-order valence-corrected chi connectivity index (χ3v) is 1.95. The Morgan fingerprint density at radius 3 is 2.38 bits per heavy atom. The normalized spacial score (nSPS) is 8.62. The van der Waals surface area contributed by atoms with E-state index in [1.165, 1.54) is 19.3 Å². The molecule has 0 saturated carbocycles. The Morgan fingerprint density at radius 1 is 1.19 bits per heavy atom. The summed E-state index contributed by atoms with van der Waals surface area (Å²) in [5, 5.41) is 6.46. The van der Waals surface area contributed by atoms with Crippen LogP contribution < -0.4 is 10.9 Å². The van der Waals surface area contributed by atoms with Gasteiger partial charge in [0.1, 0.15) is 5.69 Å². The van der Waals surface area contributed by atoms with Gasteiger partial charge >= 0.3 is 0 Å². The molecule has 0 saturated heterocycles. The molecule has 2 rings (SSSR count). The highest BCUT2D eigenvalue weighted by molar-refractivity contribution is 5.94. The maximum absolute atomic E-state index is 11.5. The van der Waals surface area contributed by atoms with Gasteiger partial charge in [0.25, 0.3) is 5.91 Å². The number of aromatic nitrogens is 2. The van der Waals surface area contributed by atoms with Gasteiger partial charge in [0.15, 0.2) is 11.5 Å². The number of carbonyl (C=O) groups excluding carboxylic acids is 2. The predicted octanol–water partition coefficient (Wildman–Crippen LogP) is 2.50. The van der Waals surface area contributed by atoms with Crippen LogP contribution in [-0.4, -0.2) is 22.0 Å². The van der Waals surface area contributed by atoms with Crippen LogP contribution in [0.3, 0.4) is 0 Å². The van der Waals surface area contributed by atoms with Crippen molar-refractivity contribution in [3.8, 4) is 11.5 Å². The summed E-state index contributed by atoms with van der Waals surface area (Å²) in [5.41, 5.74) is 5.12. The van der Waals surface area contributed by atoms with Gasteiger partial charge in [0.2, 0.25) is 5.91 Å². The first-order valence-corrected chi connectivity index (χ1v) is 6.83. The summed E-state index contributed by atoms with van der Waals surface area (Å²) in [6, 6.07) is 4.99. The summed E-state index contributed by atoms with van der Waals surface area (Å²) in [6.45, 7) is 9.29. The standard InChI is InChI=1S/C10H10N4O3.2C2H6/c1-6(15)11-14-10(16)8-5-7(12-13-8)9-3-2-4-17-9;2*1-2/h2-5H,1H3,(H,11,15)(H,12,13)(H,14,16);2*1-2H3. The SMILES string of the molecule is CC.CC.CC(=O)NNC(=O)c1cc(-c2ccco2)[nH]n1. The lowest BCUT2D eigenvalue weighted by atomic mass is 10.3. The summed E-state index contributed by atoms with van der Waals surface area (Å²) in [7, 11) is 0. The molecule has 7 heteroatoms. The molecule has 2 aromatic heterocycles. The zero-order valence-corrected chi connectivity index (χ0v) is 13.0. The Bertz CT molecular complexity index is 532. The van der Waals surface area contributed by atoms with Gasteiger partial charge in [0.05, 0.1) is 6.26 Å². The number of amides is 2. The monoisotopic (exact) mass is 294 g/mol. The largest absolute Gasteiger partial charge is 0.463 e. The average molecular weight is 294 g/mol. The van der Waals surface area contributed by atoms with E-state index < -0.39 is 5.91 Å². The van der Waals surface area contributed by atoms with Gasteiger partial charge in [-0.05, 0) is 12.1 Å². The second-order valence-corrected chi connectivity index (χ2v) is 3.28. The van der Waals surface area contributed by atoms with E-state index >= 15 is 0 Å². The van der Waals surface area contributed by atoms with Crippen molar-refractivity contribution in [1.29, 1.82) is 0 Å². The van der Waals surface area contributed by atoms with Crippen LogP contribution in [0.25, 0.3) is 11.5 Å². The first kappa shape index (κ1) is 18.4. The second-order valence-electron chi connectivity index (χ2n) is 3.28. The molecule has 116 valence electrons. The van der Waals surface area contributed by atoms with Crippen molar-refractivity contribution in [2.24, 2.45) is 0 Å². The van der Waals surface area contributed by atoms with Crippen LogP contribution in [0, 0.1) is 0 Å². The molecule has 0 fully saturated rings. The molecule has 0 radical (unpaired) electrons. The fourth-order valence-electron chi connectivity index (χ4n) is 1.20. The molecule has 0 aliphatic rings. The molecular formula is C14H22N4O3. The number of aromatic amines is 1. The highest BCUT2D eigenvalue weighted by Crippen LogP contribution is 2.17. The molecule has 0 bridgehead atoms. The van der Waals surface area contributed by atoms with Gasteiger partial charge in [0, 0.05) is 13.0 Å². The smallest absolute Gasteiger partial charge is 0.290 e. The minimum atomic E-state index is -0.505. The summed E-state index contributed by atoms with van der Waals surface area (Å²) in [5.74, 6) is -0.287. The van der Waals surface area contributed by atoms with E-state index in [2.05, 4.69) is 21.0 Å². The van der Waals surface area contributed by atoms with Crippen molar-refractivity contribution in [2.75, 3.05) is 0 Å². The zero-order valence-electron chi connectivity index (χ0n) is 13.0.